The van der Waals surface area contributed by atoms with Gasteiger partial charge in [0.2, 0.25) is 0 Å². The molecule has 0 atom stereocenters. The number of hydrogen-bond acceptors (Lipinski definition) is 4. The van der Waals surface area contributed by atoms with Gasteiger partial charge in [0.25, 0.3) is 5.91 Å². The summed E-state index contributed by atoms with van der Waals surface area (Å²) in [5.74, 6) is -1.09. The summed E-state index contributed by atoms with van der Waals surface area (Å²) in [7, 11) is 0. The van der Waals surface area contributed by atoms with Crippen LogP contribution in [0.3, 0.4) is 0 Å². The monoisotopic (exact) mass is 311 g/mol. The lowest BCUT2D eigenvalue weighted by molar-refractivity contribution is 0.0997. The normalized spacial score (nSPS) is 10.9. The van der Waals surface area contributed by atoms with Gasteiger partial charge in [0.05, 0.1) is 18.5 Å². The summed E-state index contributed by atoms with van der Waals surface area (Å²) < 4.78 is 13.9. The number of hydrogen-bond donors (Lipinski definition) is 2. The number of carbonyl (C=O) groups excluding carboxylic acids is 1. The number of fused-ring (bicyclic) bond motifs is 1. The van der Waals surface area contributed by atoms with E-state index in [1.54, 1.807) is 31.2 Å². The average molecular weight is 311 g/mol. The molecule has 0 saturated heterocycles. The molecule has 2 heterocycles. The minimum atomic E-state index is -0.635. The Balaban J connectivity index is 2.32. The van der Waals surface area contributed by atoms with Gasteiger partial charge in [0.15, 0.2) is 0 Å². The van der Waals surface area contributed by atoms with Crippen molar-refractivity contribution in [3.8, 4) is 11.1 Å². The Labute approximate surface area is 131 Å². The molecule has 23 heavy (non-hydrogen) atoms. The molecule has 0 aliphatic heterocycles. The molecule has 3 rings (SSSR count). The van der Waals surface area contributed by atoms with Crippen molar-refractivity contribution in [1.29, 1.82) is 0 Å². The number of aliphatic hydroxyl groups excluding tert-OH is 1. The quantitative estimate of drug-likeness (QED) is 0.777. The molecule has 1 amide bonds. The zero-order valence-electron chi connectivity index (χ0n) is 12.4. The summed E-state index contributed by atoms with van der Waals surface area (Å²) in [4.78, 5) is 19.5. The lowest BCUT2D eigenvalue weighted by Crippen LogP contribution is -2.13. The molecule has 3 aromatic rings. The smallest absolute Gasteiger partial charge is 0.267 e. The third-order valence-electron chi connectivity index (χ3n) is 3.79. The molecule has 2 aromatic heterocycles. The van der Waals surface area contributed by atoms with Crippen LogP contribution in [0.2, 0.25) is 0 Å². The first-order valence-electron chi connectivity index (χ1n) is 6.96. The van der Waals surface area contributed by atoms with Crippen molar-refractivity contribution in [2.24, 2.45) is 5.73 Å². The number of primary amides is 1. The summed E-state index contributed by atoms with van der Waals surface area (Å²) >= 11 is 0. The number of carbonyl (C=O) groups is 1. The van der Waals surface area contributed by atoms with Crippen molar-refractivity contribution >= 4 is 16.7 Å². The van der Waals surface area contributed by atoms with Crippen LogP contribution < -0.4 is 5.73 Å². The highest BCUT2D eigenvalue weighted by molar-refractivity contribution is 6.05. The van der Waals surface area contributed by atoms with E-state index in [9.17, 15) is 14.3 Å². The first kappa shape index (κ1) is 15.1. The fourth-order valence-electron chi connectivity index (χ4n) is 2.66. The number of aromatic nitrogens is 2. The Bertz CT molecular complexity index is 925. The molecule has 0 bridgehead atoms. The maximum absolute atomic E-state index is 13.9. The highest BCUT2D eigenvalue weighted by Gasteiger charge is 2.15. The standard InChI is InChI=1S/C17H14FN3O2/c1-9-13(18)7-21-14(8-22)15(9)11-3-2-10-4-5-20-16(17(19)23)12(10)6-11/h2-7,22H,8H2,1H3,(H2,19,23). The first-order valence-corrected chi connectivity index (χ1v) is 6.96. The Morgan fingerprint density at radius 2 is 2.09 bits per heavy atom. The topological polar surface area (TPSA) is 89.1 Å². The van der Waals surface area contributed by atoms with Gasteiger partial charge in [-0.05, 0) is 35.6 Å². The number of aliphatic hydroxyl groups is 1. The molecule has 0 spiro atoms. The molecule has 5 nitrogen and oxygen atoms in total. The molecular weight excluding hydrogens is 297 g/mol. The predicted octanol–water partition coefficient (Wildman–Crippen LogP) is 2.34. The molecule has 6 heteroatoms. The van der Waals surface area contributed by atoms with Gasteiger partial charge in [0.1, 0.15) is 11.5 Å². The minimum absolute atomic E-state index is 0.150. The number of pyridine rings is 2. The molecule has 0 aliphatic rings. The largest absolute Gasteiger partial charge is 0.390 e. The molecule has 0 saturated carbocycles. The van der Waals surface area contributed by atoms with E-state index in [2.05, 4.69) is 9.97 Å². The van der Waals surface area contributed by atoms with E-state index in [0.29, 0.717) is 27.8 Å². The van der Waals surface area contributed by atoms with Crippen LogP contribution in [0.4, 0.5) is 4.39 Å². The van der Waals surface area contributed by atoms with E-state index in [4.69, 9.17) is 5.73 Å². The Morgan fingerprint density at radius 3 is 2.78 bits per heavy atom. The molecule has 3 N–H and O–H groups in total. The van der Waals surface area contributed by atoms with Gasteiger partial charge in [-0.3, -0.25) is 14.8 Å². The van der Waals surface area contributed by atoms with Crippen molar-refractivity contribution in [2.45, 2.75) is 13.5 Å². The highest BCUT2D eigenvalue weighted by Crippen LogP contribution is 2.31. The van der Waals surface area contributed by atoms with E-state index >= 15 is 0 Å². The van der Waals surface area contributed by atoms with E-state index in [1.165, 1.54) is 6.20 Å². The molecule has 0 fully saturated rings. The summed E-state index contributed by atoms with van der Waals surface area (Å²) in [6, 6.07) is 7.06. The van der Waals surface area contributed by atoms with E-state index in [1.807, 2.05) is 0 Å². The Morgan fingerprint density at radius 1 is 1.30 bits per heavy atom. The van der Waals surface area contributed by atoms with Gasteiger partial charge in [-0.1, -0.05) is 12.1 Å². The number of rotatable bonds is 3. The fourth-order valence-corrected chi connectivity index (χ4v) is 2.66. The lowest BCUT2D eigenvalue weighted by atomic mass is 9.96. The van der Waals surface area contributed by atoms with Crippen molar-refractivity contribution in [3.05, 3.63) is 59.4 Å². The second kappa shape index (κ2) is 5.73. The van der Waals surface area contributed by atoms with Gasteiger partial charge in [-0.2, -0.15) is 0 Å². The van der Waals surface area contributed by atoms with Gasteiger partial charge in [0, 0.05) is 17.1 Å². The second-order valence-corrected chi connectivity index (χ2v) is 5.17. The molecule has 0 unspecified atom stereocenters. The van der Waals surface area contributed by atoms with Crippen LogP contribution in [0.1, 0.15) is 21.7 Å². The van der Waals surface area contributed by atoms with Crippen molar-refractivity contribution < 1.29 is 14.3 Å². The van der Waals surface area contributed by atoms with E-state index < -0.39 is 11.7 Å². The van der Waals surface area contributed by atoms with Crippen LogP contribution in [-0.2, 0) is 6.61 Å². The van der Waals surface area contributed by atoms with Gasteiger partial charge < -0.3 is 10.8 Å². The Hall–Kier alpha value is -2.86. The van der Waals surface area contributed by atoms with E-state index in [-0.39, 0.29) is 12.3 Å². The summed E-state index contributed by atoms with van der Waals surface area (Å²) in [6.45, 7) is 1.30. The summed E-state index contributed by atoms with van der Waals surface area (Å²) in [5, 5.41) is 10.9. The SMILES string of the molecule is Cc1c(F)cnc(CO)c1-c1ccc2ccnc(C(N)=O)c2c1. The van der Waals surface area contributed by atoms with Gasteiger partial charge in [-0.25, -0.2) is 4.39 Å². The van der Waals surface area contributed by atoms with Crippen LogP contribution >= 0.6 is 0 Å². The molecule has 0 aliphatic carbocycles. The molecule has 116 valence electrons. The molecular formula is C17H14FN3O2. The zero-order chi connectivity index (χ0) is 16.6. The van der Waals surface area contributed by atoms with Gasteiger partial charge in [-0.15, -0.1) is 0 Å². The van der Waals surface area contributed by atoms with Crippen LogP contribution in [-0.4, -0.2) is 21.0 Å². The first-order chi connectivity index (χ1) is 11.0. The van der Waals surface area contributed by atoms with Crippen LogP contribution in [0.25, 0.3) is 21.9 Å². The van der Waals surface area contributed by atoms with Crippen molar-refractivity contribution in [2.75, 3.05) is 0 Å². The van der Waals surface area contributed by atoms with E-state index in [0.717, 1.165) is 11.6 Å². The zero-order valence-corrected chi connectivity index (χ0v) is 12.4. The molecule has 1 aromatic carbocycles. The fraction of sp³-hybridized carbons (Fsp3) is 0.118. The predicted molar refractivity (Wildman–Crippen MR) is 84.1 cm³/mol. The maximum Gasteiger partial charge on any atom is 0.267 e. The highest BCUT2D eigenvalue weighted by atomic mass is 19.1. The lowest BCUT2D eigenvalue weighted by Gasteiger charge is -2.12. The third-order valence-corrected chi connectivity index (χ3v) is 3.79. The van der Waals surface area contributed by atoms with Crippen LogP contribution in [0, 0.1) is 12.7 Å². The van der Waals surface area contributed by atoms with Crippen molar-refractivity contribution in [1.82, 2.24) is 9.97 Å². The Kier molecular flexibility index (Phi) is 3.75. The summed E-state index contributed by atoms with van der Waals surface area (Å²) in [5.41, 5.74) is 7.41. The second-order valence-electron chi connectivity index (χ2n) is 5.17. The summed E-state index contributed by atoms with van der Waals surface area (Å²) in [6.07, 6.45) is 2.60. The number of nitrogens with two attached hydrogens (primary N) is 1. The van der Waals surface area contributed by atoms with Crippen LogP contribution in [0.5, 0.6) is 0 Å². The van der Waals surface area contributed by atoms with Gasteiger partial charge >= 0.3 is 0 Å². The third kappa shape index (κ3) is 2.53. The minimum Gasteiger partial charge on any atom is -0.390 e. The maximum atomic E-state index is 13.9. The number of halogens is 1. The number of nitrogens with zero attached hydrogens (tertiary/aromatic N) is 2. The number of amides is 1. The average Bonchev–Trinajstić information content (AvgIpc) is 2.56. The van der Waals surface area contributed by atoms with Crippen LogP contribution in [0.15, 0.2) is 36.7 Å². The number of benzene rings is 1. The molecule has 0 radical (unpaired) electrons. The van der Waals surface area contributed by atoms with Crippen molar-refractivity contribution in [3.63, 3.8) is 0 Å².